The Morgan fingerprint density at radius 3 is 2.41 bits per heavy atom. The SMILES string of the molecule is CCn1c(=O)n(Cc2ccccc2)c(=O)c2c(=O)[nH]ccc21. The molecule has 0 saturated heterocycles. The summed E-state index contributed by atoms with van der Waals surface area (Å²) in [5, 5.41) is 0.0138. The predicted octanol–water partition coefficient (Wildman–Crippen LogP) is 0.920. The number of pyridine rings is 1. The first-order valence-electron chi connectivity index (χ1n) is 7.02. The number of aromatic nitrogens is 3. The van der Waals surface area contributed by atoms with E-state index in [-0.39, 0.29) is 11.9 Å². The van der Waals surface area contributed by atoms with Crippen molar-refractivity contribution in [2.45, 2.75) is 20.0 Å². The Kier molecular flexibility index (Phi) is 3.50. The third-order valence-electron chi connectivity index (χ3n) is 3.65. The van der Waals surface area contributed by atoms with Crippen molar-refractivity contribution in [2.24, 2.45) is 0 Å². The molecule has 3 rings (SSSR count). The van der Waals surface area contributed by atoms with Crippen molar-refractivity contribution in [2.75, 3.05) is 0 Å². The maximum Gasteiger partial charge on any atom is 0.331 e. The highest BCUT2D eigenvalue weighted by Crippen LogP contribution is 2.04. The molecule has 0 fully saturated rings. The number of fused-ring (bicyclic) bond motifs is 1. The van der Waals surface area contributed by atoms with Gasteiger partial charge in [0.25, 0.3) is 11.1 Å². The molecule has 0 atom stereocenters. The zero-order valence-electron chi connectivity index (χ0n) is 12.1. The molecule has 0 aliphatic carbocycles. The van der Waals surface area contributed by atoms with E-state index in [1.54, 1.807) is 13.0 Å². The Balaban J connectivity index is 2.36. The Morgan fingerprint density at radius 2 is 1.73 bits per heavy atom. The lowest BCUT2D eigenvalue weighted by atomic mass is 10.2. The fourth-order valence-electron chi connectivity index (χ4n) is 2.58. The number of hydrogen-bond acceptors (Lipinski definition) is 3. The summed E-state index contributed by atoms with van der Waals surface area (Å²) in [4.78, 5) is 39.6. The van der Waals surface area contributed by atoms with Gasteiger partial charge in [-0.25, -0.2) is 4.79 Å². The first kappa shape index (κ1) is 14.1. The van der Waals surface area contributed by atoms with Crippen LogP contribution in [0.15, 0.2) is 57.0 Å². The second-order valence-corrected chi connectivity index (χ2v) is 4.97. The highest BCUT2D eigenvalue weighted by molar-refractivity contribution is 5.76. The molecule has 112 valence electrons. The van der Waals surface area contributed by atoms with E-state index in [0.717, 1.165) is 10.1 Å². The third-order valence-corrected chi connectivity index (χ3v) is 3.65. The molecule has 1 aromatic carbocycles. The number of hydrogen-bond donors (Lipinski definition) is 1. The van der Waals surface area contributed by atoms with Gasteiger partial charge in [0.05, 0.1) is 12.1 Å². The Labute approximate surface area is 125 Å². The molecule has 3 aromatic rings. The van der Waals surface area contributed by atoms with Crippen LogP contribution in [0, 0.1) is 0 Å². The number of nitrogens with one attached hydrogen (secondary N) is 1. The summed E-state index contributed by atoms with van der Waals surface area (Å²) in [6, 6.07) is 10.8. The molecular weight excluding hydrogens is 282 g/mol. The minimum absolute atomic E-state index is 0.0138. The zero-order chi connectivity index (χ0) is 15.7. The van der Waals surface area contributed by atoms with Gasteiger partial charge in [-0.2, -0.15) is 0 Å². The lowest BCUT2D eigenvalue weighted by Crippen LogP contribution is -2.42. The van der Waals surface area contributed by atoms with Crippen molar-refractivity contribution < 1.29 is 0 Å². The summed E-state index contributed by atoms with van der Waals surface area (Å²) >= 11 is 0. The van der Waals surface area contributed by atoms with E-state index in [1.165, 1.54) is 10.8 Å². The van der Waals surface area contributed by atoms with Crippen LogP contribution < -0.4 is 16.8 Å². The van der Waals surface area contributed by atoms with Gasteiger partial charge in [0, 0.05) is 12.7 Å². The number of aryl methyl sites for hydroxylation is 1. The van der Waals surface area contributed by atoms with Gasteiger partial charge >= 0.3 is 5.69 Å². The molecule has 0 saturated carbocycles. The summed E-state index contributed by atoms with van der Waals surface area (Å²) in [6.45, 7) is 2.33. The van der Waals surface area contributed by atoms with Crippen LogP contribution in [0.5, 0.6) is 0 Å². The Hall–Kier alpha value is -2.89. The molecule has 0 aliphatic rings. The van der Waals surface area contributed by atoms with Crippen LogP contribution in [0.2, 0.25) is 0 Å². The number of H-pyrrole nitrogens is 1. The molecule has 0 radical (unpaired) electrons. The van der Waals surface area contributed by atoms with Crippen molar-refractivity contribution in [1.82, 2.24) is 14.1 Å². The van der Waals surface area contributed by atoms with E-state index >= 15 is 0 Å². The van der Waals surface area contributed by atoms with Gasteiger partial charge in [-0.15, -0.1) is 0 Å². The second-order valence-electron chi connectivity index (χ2n) is 4.97. The minimum Gasteiger partial charge on any atom is -0.328 e. The molecule has 0 unspecified atom stereocenters. The second kappa shape index (κ2) is 5.48. The van der Waals surface area contributed by atoms with Gasteiger partial charge < -0.3 is 4.98 Å². The van der Waals surface area contributed by atoms with Gasteiger partial charge in [0.2, 0.25) is 0 Å². The fourth-order valence-corrected chi connectivity index (χ4v) is 2.58. The van der Waals surface area contributed by atoms with E-state index < -0.39 is 16.8 Å². The quantitative estimate of drug-likeness (QED) is 0.781. The number of nitrogens with zero attached hydrogens (tertiary/aromatic N) is 2. The maximum absolute atomic E-state index is 12.6. The molecular formula is C16H15N3O3. The number of benzene rings is 1. The highest BCUT2D eigenvalue weighted by atomic mass is 16.2. The third kappa shape index (κ3) is 2.18. The van der Waals surface area contributed by atoms with Crippen LogP contribution in [0.3, 0.4) is 0 Å². The van der Waals surface area contributed by atoms with Crippen LogP contribution in [0.1, 0.15) is 12.5 Å². The van der Waals surface area contributed by atoms with Crippen LogP contribution >= 0.6 is 0 Å². The zero-order valence-corrected chi connectivity index (χ0v) is 12.1. The van der Waals surface area contributed by atoms with Crippen LogP contribution in [0.25, 0.3) is 10.9 Å². The summed E-state index contributed by atoms with van der Waals surface area (Å²) in [6.07, 6.45) is 1.44. The Morgan fingerprint density at radius 1 is 1.00 bits per heavy atom. The molecule has 2 heterocycles. The van der Waals surface area contributed by atoms with Crippen molar-refractivity contribution in [3.05, 3.63) is 79.4 Å². The average Bonchev–Trinajstić information content (AvgIpc) is 2.53. The molecule has 0 spiro atoms. The lowest BCUT2D eigenvalue weighted by molar-refractivity contribution is 0.622. The number of rotatable bonds is 3. The van der Waals surface area contributed by atoms with E-state index in [0.29, 0.717) is 12.1 Å². The average molecular weight is 297 g/mol. The van der Waals surface area contributed by atoms with Crippen LogP contribution in [-0.4, -0.2) is 14.1 Å². The molecule has 6 nitrogen and oxygen atoms in total. The molecule has 22 heavy (non-hydrogen) atoms. The van der Waals surface area contributed by atoms with Crippen molar-refractivity contribution in [3.63, 3.8) is 0 Å². The summed E-state index contributed by atoms with van der Waals surface area (Å²) in [7, 11) is 0. The first-order chi connectivity index (χ1) is 10.6. The van der Waals surface area contributed by atoms with Gasteiger partial charge in [0.15, 0.2) is 0 Å². The Bertz CT molecular complexity index is 997. The molecule has 1 N–H and O–H groups in total. The minimum atomic E-state index is -0.560. The standard InChI is InChI=1S/C16H15N3O3/c1-2-18-12-8-9-17-14(20)13(12)15(21)19(16(18)22)10-11-6-4-3-5-7-11/h3-9H,2,10H2,1H3,(H,17,20). The smallest absolute Gasteiger partial charge is 0.328 e. The van der Waals surface area contributed by atoms with Crippen LogP contribution in [-0.2, 0) is 13.1 Å². The topological polar surface area (TPSA) is 76.9 Å². The largest absolute Gasteiger partial charge is 0.331 e. The summed E-state index contributed by atoms with van der Waals surface area (Å²) < 4.78 is 2.55. The molecule has 0 bridgehead atoms. The predicted molar refractivity (Wildman–Crippen MR) is 84.3 cm³/mol. The maximum atomic E-state index is 12.6. The van der Waals surface area contributed by atoms with Crippen molar-refractivity contribution >= 4 is 10.9 Å². The fraction of sp³-hybridized carbons (Fsp3) is 0.188. The molecule has 0 amide bonds. The highest BCUT2D eigenvalue weighted by Gasteiger charge is 2.14. The van der Waals surface area contributed by atoms with E-state index in [1.807, 2.05) is 30.3 Å². The monoisotopic (exact) mass is 297 g/mol. The van der Waals surface area contributed by atoms with E-state index in [4.69, 9.17) is 0 Å². The van der Waals surface area contributed by atoms with Gasteiger partial charge in [-0.3, -0.25) is 18.7 Å². The molecule has 6 heteroatoms. The molecule has 2 aromatic heterocycles. The van der Waals surface area contributed by atoms with Gasteiger partial charge in [-0.1, -0.05) is 30.3 Å². The van der Waals surface area contributed by atoms with Crippen LogP contribution in [0.4, 0.5) is 0 Å². The van der Waals surface area contributed by atoms with E-state index in [2.05, 4.69) is 4.98 Å². The first-order valence-corrected chi connectivity index (χ1v) is 7.02. The van der Waals surface area contributed by atoms with Crippen molar-refractivity contribution in [1.29, 1.82) is 0 Å². The number of aromatic amines is 1. The van der Waals surface area contributed by atoms with Gasteiger partial charge in [-0.05, 0) is 18.6 Å². The normalized spacial score (nSPS) is 11.0. The lowest BCUT2D eigenvalue weighted by Gasteiger charge is -2.12. The molecule has 0 aliphatic heterocycles. The summed E-state index contributed by atoms with van der Waals surface area (Å²) in [5.41, 5.74) is -0.252. The summed E-state index contributed by atoms with van der Waals surface area (Å²) in [5.74, 6) is 0. The van der Waals surface area contributed by atoms with Gasteiger partial charge in [0.1, 0.15) is 5.39 Å². The van der Waals surface area contributed by atoms with Crippen molar-refractivity contribution in [3.8, 4) is 0 Å². The van der Waals surface area contributed by atoms with E-state index in [9.17, 15) is 14.4 Å².